The van der Waals surface area contributed by atoms with Crippen LogP contribution in [0.4, 0.5) is 5.82 Å². The minimum absolute atomic E-state index is 0.245. The van der Waals surface area contributed by atoms with Crippen molar-refractivity contribution >= 4 is 5.82 Å². The van der Waals surface area contributed by atoms with Crippen LogP contribution in [0.25, 0.3) is 0 Å². The molecule has 0 amide bonds. The third kappa shape index (κ3) is 3.62. The largest absolute Gasteiger partial charge is 0.490 e. The Morgan fingerprint density at radius 1 is 1.36 bits per heavy atom. The molecule has 3 N–H and O–H groups in total. The molecule has 0 aliphatic rings. The van der Waals surface area contributed by atoms with E-state index in [-0.39, 0.29) is 6.61 Å². The molecule has 0 unspecified atom stereocenters. The van der Waals surface area contributed by atoms with Gasteiger partial charge < -0.3 is 15.6 Å². The molecular formula is C10H16N2O2. The van der Waals surface area contributed by atoms with E-state index in [4.69, 9.17) is 15.6 Å². The summed E-state index contributed by atoms with van der Waals surface area (Å²) in [6.45, 7) is 0.866. The molecular weight excluding hydrogens is 180 g/mol. The summed E-state index contributed by atoms with van der Waals surface area (Å²) in [5, 5.41) is 8.56. The summed E-state index contributed by atoms with van der Waals surface area (Å²) >= 11 is 0. The number of nitrogen functional groups attached to an aromatic ring is 1. The summed E-state index contributed by atoms with van der Waals surface area (Å²) in [6.07, 6.45) is 4.35. The van der Waals surface area contributed by atoms with E-state index in [0.29, 0.717) is 18.2 Å². The normalized spacial score (nSPS) is 10.1. The first kappa shape index (κ1) is 10.8. The van der Waals surface area contributed by atoms with Gasteiger partial charge >= 0.3 is 0 Å². The van der Waals surface area contributed by atoms with Crippen LogP contribution in [-0.2, 0) is 0 Å². The van der Waals surface area contributed by atoms with Crippen LogP contribution in [0.2, 0.25) is 0 Å². The second kappa shape index (κ2) is 6.21. The SMILES string of the molecule is Nc1ncccc1OCCCCCO. The van der Waals surface area contributed by atoms with Gasteiger partial charge in [0, 0.05) is 12.8 Å². The van der Waals surface area contributed by atoms with Crippen LogP contribution < -0.4 is 10.5 Å². The van der Waals surface area contributed by atoms with Gasteiger partial charge in [-0.1, -0.05) is 0 Å². The Labute approximate surface area is 83.7 Å². The first-order valence-corrected chi connectivity index (χ1v) is 4.78. The lowest BCUT2D eigenvalue weighted by Crippen LogP contribution is -2.01. The zero-order valence-electron chi connectivity index (χ0n) is 8.15. The Kier molecular flexibility index (Phi) is 4.78. The molecule has 0 bridgehead atoms. The highest BCUT2D eigenvalue weighted by Crippen LogP contribution is 2.16. The van der Waals surface area contributed by atoms with Crippen LogP contribution in [0, 0.1) is 0 Å². The maximum Gasteiger partial charge on any atom is 0.166 e. The first-order chi connectivity index (χ1) is 6.84. The zero-order chi connectivity index (χ0) is 10.2. The second-order valence-corrected chi connectivity index (χ2v) is 3.02. The van der Waals surface area contributed by atoms with E-state index in [1.165, 1.54) is 0 Å². The molecule has 0 radical (unpaired) electrons. The van der Waals surface area contributed by atoms with Gasteiger partial charge in [-0.3, -0.25) is 0 Å². The topological polar surface area (TPSA) is 68.4 Å². The van der Waals surface area contributed by atoms with E-state index in [9.17, 15) is 0 Å². The number of aliphatic hydroxyl groups is 1. The molecule has 0 saturated carbocycles. The van der Waals surface area contributed by atoms with Gasteiger partial charge in [-0.2, -0.15) is 0 Å². The number of aromatic nitrogens is 1. The van der Waals surface area contributed by atoms with Crippen molar-refractivity contribution in [2.45, 2.75) is 19.3 Å². The van der Waals surface area contributed by atoms with E-state index in [1.54, 1.807) is 18.3 Å². The summed E-state index contributed by atoms with van der Waals surface area (Å²) in [6, 6.07) is 3.59. The van der Waals surface area contributed by atoms with Gasteiger partial charge in [-0.15, -0.1) is 0 Å². The highest BCUT2D eigenvalue weighted by atomic mass is 16.5. The lowest BCUT2D eigenvalue weighted by Gasteiger charge is -2.06. The standard InChI is InChI=1S/C10H16N2O2/c11-10-9(5-4-6-12-10)14-8-3-1-2-7-13/h4-6,13H,1-3,7-8H2,(H2,11,12). The van der Waals surface area contributed by atoms with Crippen molar-refractivity contribution in [2.24, 2.45) is 0 Å². The van der Waals surface area contributed by atoms with E-state index in [2.05, 4.69) is 4.98 Å². The third-order valence-electron chi connectivity index (χ3n) is 1.86. The summed E-state index contributed by atoms with van der Waals surface area (Å²) in [7, 11) is 0. The molecule has 0 fully saturated rings. The highest BCUT2D eigenvalue weighted by molar-refractivity contribution is 5.44. The van der Waals surface area contributed by atoms with Gasteiger partial charge in [0.1, 0.15) is 0 Å². The Morgan fingerprint density at radius 2 is 2.21 bits per heavy atom. The number of hydrogen-bond acceptors (Lipinski definition) is 4. The van der Waals surface area contributed by atoms with Crippen molar-refractivity contribution in [3.8, 4) is 5.75 Å². The summed E-state index contributed by atoms with van der Waals surface area (Å²) < 4.78 is 5.41. The number of pyridine rings is 1. The molecule has 14 heavy (non-hydrogen) atoms. The maximum atomic E-state index is 8.56. The molecule has 0 aliphatic heterocycles. The number of nitrogens with two attached hydrogens (primary N) is 1. The monoisotopic (exact) mass is 196 g/mol. The fourth-order valence-electron chi connectivity index (χ4n) is 1.10. The molecule has 1 aromatic rings. The molecule has 78 valence electrons. The van der Waals surface area contributed by atoms with Crippen LogP contribution in [0.15, 0.2) is 18.3 Å². The Bertz CT molecular complexity index is 266. The van der Waals surface area contributed by atoms with Gasteiger partial charge in [0.25, 0.3) is 0 Å². The van der Waals surface area contributed by atoms with Crippen LogP contribution in [-0.4, -0.2) is 23.3 Å². The van der Waals surface area contributed by atoms with Crippen molar-refractivity contribution < 1.29 is 9.84 Å². The van der Waals surface area contributed by atoms with Gasteiger partial charge in [0.2, 0.25) is 0 Å². The highest BCUT2D eigenvalue weighted by Gasteiger charge is 1.98. The van der Waals surface area contributed by atoms with E-state index < -0.39 is 0 Å². The third-order valence-corrected chi connectivity index (χ3v) is 1.86. The maximum absolute atomic E-state index is 8.56. The predicted molar refractivity (Wildman–Crippen MR) is 55.1 cm³/mol. The summed E-state index contributed by atoms with van der Waals surface area (Å²) in [5.41, 5.74) is 5.59. The molecule has 4 nitrogen and oxygen atoms in total. The number of nitrogens with zero attached hydrogens (tertiary/aromatic N) is 1. The van der Waals surface area contributed by atoms with Crippen LogP contribution >= 0.6 is 0 Å². The van der Waals surface area contributed by atoms with E-state index in [0.717, 1.165) is 19.3 Å². The lowest BCUT2D eigenvalue weighted by atomic mass is 10.2. The minimum Gasteiger partial charge on any atom is -0.490 e. The minimum atomic E-state index is 0.245. The van der Waals surface area contributed by atoms with Crippen molar-refractivity contribution in [2.75, 3.05) is 18.9 Å². The number of anilines is 1. The molecule has 4 heteroatoms. The first-order valence-electron chi connectivity index (χ1n) is 4.78. The van der Waals surface area contributed by atoms with Gasteiger partial charge in [0.05, 0.1) is 6.61 Å². The van der Waals surface area contributed by atoms with Crippen LogP contribution in [0.1, 0.15) is 19.3 Å². The predicted octanol–water partition coefficient (Wildman–Crippen LogP) is 1.21. The summed E-state index contributed by atoms with van der Waals surface area (Å²) in [5.74, 6) is 1.06. The van der Waals surface area contributed by atoms with E-state index in [1.807, 2.05) is 0 Å². The second-order valence-electron chi connectivity index (χ2n) is 3.02. The number of ether oxygens (including phenoxy) is 1. The Balaban J connectivity index is 2.21. The zero-order valence-corrected chi connectivity index (χ0v) is 8.15. The average Bonchev–Trinajstić information content (AvgIpc) is 2.20. The van der Waals surface area contributed by atoms with Crippen molar-refractivity contribution in [3.05, 3.63) is 18.3 Å². The fourth-order valence-corrected chi connectivity index (χ4v) is 1.10. The van der Waals surface area contributed by atoms with E-state index >= 15 is 0 Å². The number of aliphatic hydroxyl groups excluding tert-OH is 1. The van der Waals surface area contributed by atoms with Gasteiger partial charge in [0.15, 0.2) is 11.6 Å². The Hall–Kier alpha value is -1.29. The fraction of sp³-hybridized carbons (Fsp3) is 0.500. The van der Waals surface area contributed by atoms with Crippen molar-refractivity contribution in [1.29, 1.82) is 0 Å². The van der Waals surface area contributed by atoms with Crippen molar-refractivity contribution in [3.63, 3.8) is 0 Å². The van der Waals surface area contributed by atoms with Crippen molar-refractivity contribution in [1.82, 2.24) is 4.98 Å². The molecule has 0 spiro atoms. The Morgan fingerprint density at radius 3 is 2.93 bits per heavy atom. The number of unbranched alkanes of at least 4 members (excludes halogenated alkanes) is 2. The van der Waals surface area contributed by atoms with Crippen LogP contribution in [0.3, 0.4) is 0 Å². The number of hydrogen-bond donors (Lipinski definition) is 2. The van der Waals surface area contributed by atoms with Gasteiger partial charge in [-0.25, -0.2) is 4.98 Å². The van der Waals surface area contributed by atoms with Crippen LogP contribution in [0.5, 0.6) is 5.75 Å². The van der Waals surface area contributed by atoms with Gasteiger partial charge in [-0.05, 0) is 31.4 Å². The smallest absolute Gasteiger partial charge is 0.166 e. The molecule has 1 heterocycles. The number of rotatable bonds is 6. The molecule has 0 aromatic carbocycles. The summed E-state index contributed by atoms with van der Waals surface area (Å²) in [4.78, 5) is 3.91. The average molecular weight is 196 g/mol. The quantitative estimate of drug-likeness (QED) is 0.671. The molecule has 1 aromatic heterocycles. The lowest BCUT2D eigenvalue weighted by molar-refractivity contribution is 0.266. The molecule has 0 saturated heterocycles. The molecule has 0 atom stereocenters. The molecule has 1 rings (SSSR count). The molecule has 0 aliphatic carbocycles.